The SMILES string of the molecule is C[C@]12CCC(=O)C=C1CC[C@@H]1[C@@H]2CC[C@]2(C)C(C(=O)CO)=CC[C@@H]12. The van der Waals surface area contributed by atoms with Crippen LogP contribution in [0, 0.1) is 28.6 Å². The lowest BCUT2D eigenvalue weighted by Crippen LogP contribution is -2.50. The van der Waals surface area contributed by atoms with E-state index in [1.165, 1.54) is 5.57 Å². The molecule has 3 nitrogen and oxygen atoms in total. The molecule has 0 unspecified atom stereocenters. The molecular formula is C21H28O3. The lowest BCUT2D eigenvalue weighted by atomic mass is 9.47. The van der Waals surface area contributed by atoms with Gasteiger partial charge in [0.05, 0.1) is 0 Å². The summed E-state index contributed by atoms with van der Waals surface area (Å²) in [6, 6.07) is 0. The van der Waals surface area contributed by atoms with Gasteiger partial charge in [0.25, 0.3) is 0 Å². The van der Waals surface area contributed by atoms with Gasteiger partial charge in [-0.25, -0.2) is 0 Å². The van der Waals surface area contributed by atoms with Crippen LogP contribution in [0.2, 0.25) is 0 Å². The molecule has 4 aliphatic rings. The van der Waals surface area contributed by atoms with Crippen molar-refractivity contribution >= 4 is 11.6 Å². The lowest BCUT2D eigenvalue weighted by Gasteiger charge is -2.57. The summed E-state index contributed by atoms with van der Waals surface area (Å²) in [5.74, 6) is 2.03. The predicted octanol–water partition coefficient (Wildman–Crippen LogP) is 3.62. The first-order chi connectivity index (χ1) is 11.4. The Morgan fingerprint density at radius 3 is 2.71 bits per heavy atom. The highest BCUT2D eigenvalue weighted by atomic mass is 16.3. The second-order valence-electron chi connectivity index (χ2n) is 8.86. The summed E-state index contributed by atoms with van der Waals surface area (Å²) in [4.78, 5) is 24.1. The Morgan fingerprint density at radius 2 is 1.96 bits per heavy atom. The maximum Gasteiger partial charge on any atom is 0.184 e. The van der Waals surface area contributed by atoms with Crippen molar-refractivity contribution in [1.29, 1.82) is 0 Å². The van der Waals surface area contributed by atoms with Crippen molar-refractivity contribution in [3.8, 4) is 0 Å². The monoisotopic (exact) mass is 328 g/mol. The van der Waals surface area contributed by atoms with E-state index >= 15 is 0 Å². The van der Waals surface area contributed by atoms with Crippen molar-refractivity contribution in [2.75, 3.05) is 6.61 Å². The number of allylic oxidation sites excluding steroid dienone is 3. The third-order valence-electron chi connectivity index (χ3n) is 7.99. The molecule has 2 fully saturated rings. The van der Waals surface area contributed by atoms with Gasteiger partial charge < -0.3 is 5.11 Å². The summed E-state index contributed by atoms with van der Waals surface area (Å²) in [6.45, 7) is 4.26. The van der Waals surface area contributed by atoms with Gasteiger partial charge in [-0.3, -0.25) is 9.59 Å². The van der Waals surface area contributed by atoms with Crippen molar-refractivity contribution < 1.29 is 14.7 Å². The molecule has 0 aliphatic heterocycles. The van der Waals surface area contributed by atoms with Crippen LogP contribution in [0.5, 0.6) is 0 Å². The molecule has 0 aromatic heterocycles. The Balaban J connectivity index is 1.66. The molecule has 24 heavy (non-hydrogen) atoms. The molecule has 0 spiro atoms. The fourth-order valence-electron chi connectivity index (χ4n) is 6.64. The number of hydrogen-bond donors (Lipinski definition) is 1. The van der Waals surface area contributed by atoms with Gasteiger partial charge in [-0.05, 0) is 78.8 Å². The summed E-state index contributed by atoms with van der Waals surface area (Å²) in [5.41, 5.74) is 2.41. The van der Waals surface area contributed by atoms with Crippen LogP contribution in [-0.2, 0) is 9.59 Å². The second kappa shape index (κ2) is 5.39. The van der Waals surface area contributed by atoms with Crippen LogP contribution in [0.3, 0.4) is 0 Å². The Kier molecular flexibility index (Phi) is 3.65. The molecule has 0 bridgehead atoms. The van der Waals surface area contributed by atoms with Crippen molar-refractivity contribution in [2.45, 2.75) is 58.8 Å². The van der Waals surface area contributed by atoms with Crippen molar-refractivity contribution in [1.82, 2.24) is 0 Å². The normalized spacial score (nSPS) is 44.1. The molecular weight excluding hydrogens is 300 g/mol. The van der Waals surface area contributed by atoms with E-state index in [1.807, 2.05) is 6.08 Å². The average molecular weight is 328 g/mol. The molecule has 4 rings (SSSR count). The third kappa shape index (κ3) is 2.06. The van der Waals surface area contributed by atoms with E-state index < -0.39 is 0 Å². The Hall–Kier alpha value is -1.22. The highest BCUT2D eigenvalue weighted by molar-refractivity contribution is 5.98. The topological polar surface area (TPSA) is 54.4 Å². The maximum absolute atomic E-state index is 12.2. The van der Waals surface area contributed by atoms with Crippen LogP contribution in [0.25, 0.3) is 0 Å². The number of carbonyl (C=O) groups is 2. The molecule has 2 saturated carbocycles. The molecule has 4 aliphatic carbocycles. The molecule has 0 radical (unpaired) electrons. The number of ketones is 2. The zero-order chi connectivity index (χ0) is 17.1. The second-order valence-corrected chi connectivity index (χ2v) is 8.86. The Morgan fingerprint density at radius 1 is 1.17 bits per heavy atom. The quantitative estimate of drug-likeness (QED) is 0.842. The number of aliphatic hydroxyl groups excluding tert-OH is 1. The summed E-state index contributed by atoms with van der Waals surface area (Å²) in [6.07, 6.45) is 11.1. The number of rotatable bonds is 2. The third-order valence-corrected chi connectivity index (χ3v) is 7.99. The highest BCUT2D eigenvalue weighted by Gasteiger charge is 2.57. The van der Waals surface area contributed by atoms with Crippen LogP contribution >= 0.6 is 0 Å². The van der Waals surface area contributed by atoms with Crippen LogP contribution in [-0.4, -0.2) is 23.3 Å². The van der Waals surface area contributed by atoms with E-state index in [0.717, 1.165) is 44.1 Å². The molecule has 0 aromatic rings. The van der Waals surface area contributed by atoms with Crippen molar-refractivity contribution in [2.24, 2.45) is 28.6 Å². The van der Waals surface area contributed by atoms with Crippen LogP contribution in [0.15, 0.2) is 23.3 Å². The van der Waals surface area contributed by atoms with E-state index in [2.05, 4.69) is 19.9 Å². The number of Topliss-reactive ketones (excluding diaryl/α,β-unsaturated/α-hetero) is 1. The fraction of sp³-hybridized carbons (Fsp3) is 0.714. The largest absolute Gasteiger partial charge is 0.388 e. The van der Waals surface area contributed by atoms with Gasteiger partial charge in [0.2, 0.25) is 0 Å². The Bertz CT molecular complexity index is 658. The highest BCUT2D eigenvalue weighted by Crippen LogP contribution is 2.65. The zero-order valence-corrected chi connectivity index (χ0v) is 14.8. The van der Waals surface area contributed by atoms with Gasteiger partial charge in [-0.15, -0.1) is 0 Å². The van der Waals surface area contributed by atoms with Gasteiger partial charge in [0.1, 0.15) is 6.61 Å². The zero-order valence-electron chi connectivity index (χ0n) is 14.8. The smallest absolute Gasteiger partial charge is 0.184 e. The summed E-state index contributed by atoms with van der Waals surface area (Å²) in [7, 11) is 0. The minimum Gasteiger partial charge on any atom is -0.388 e. The van der Waals surface area contributed by atoms with Gasteiger partial charge in [-0.1, -0.05) is 25.5 Å². The maximum atomic E-state index is 12.2. The minimum atomic E-state index is -0.366. The first kappa shape index (κ1) is 16.3. The van der Waals surface area contributed by atoms with Crippen molar-refractivity contribution in [3.63, 3.8) is 0 Å². The van der Waals surface area contributed by atoms with Crippen LogP contribution < -0.4 is 0 Å². The van der Waals surface area contributed by atoms with Gasteiger partial charge in [0.15, 0.2) is 11.6 Å². The van der Waals surface area contributed by atoms with Crippen molar-refractivity contribution in [3.05, 3.63) is 23.3 Å². The number of fused-ring (bicyclic) bond motifs is 5. The number of carbonyl (C=O) groups excluding carboxylic acids is 2. The summed E-state index contributed by atoms with van der Waals surface area (Å²) in [5, 5.41) is 9.32. The van der Waals surface area contributed by atoms with E-state index in [1.54, 1.807) is 0 Å². The van der Waals surface area contributed by atoms with E-state index in [4.69, 9.17) is 0 Å². The standard InChI is InChI=1S/C21H28O3/c1-20-9-7-14(23)11-13(20)3-4-15-16-5-6-18(19(24)12-22)21(16,2)10-8-17(15)20/h6,11,15-17,22H,3-5,7-10,12H2,1-2H3/t15-,16-,17-,20-,21-/m0/s1. The Labute approximate surface area is 144 Å². The minimum absolute atomic E-state index is 0.0525. The van der Waals surface area contributed by atoms with Crippen LogP contribution in [0.4, 0.5) is 0 Å². The molecule has 0 amide bonds. The first-order valence-corrected chi connectivity index (χ1v) is 9.49. The molecule has 1 N–H and O–H groups in total. The van der Waals surface area contributed by atoms with Gasteiger partial charge in [-0.2, -0.15) is 0 Å². The van der Waals surface area contributed by atoms with Gasteiger partial charge >= 0.3 is 0 Å². The lowest BCUT2D eigenvalue weighted by molar-refractivity contribution is -0.121. The molecule has 0 heterocycles. The molecule has 0 saturated heterocycles. The number of hydrogen-bond acceptors (Lipinski definition) is 3. The van der Waals surface area contributed by atoms with Gasteiger partial charge in [0, 0.05) is 6.42 Å². The predicted molar refractivity (Wildman–Crippen MR) is 92.3 cm³/mol. The summed E-state index contributed by atoms with van der Waals surface area (Å²) < 4.78 is 0. The van der Waals surface area contributed by atoms with Crippen LogP contribution in [0.1, 0.15) is 58.8 Å². The van der Waals surface area contributed by atoms with E-state index in [-0.39, 0.29) is 23.2 Å². The number of aliphatic hydroxyl groups is 1. The first-order valence-electron chi connectivity index (χ1n) is 9.49. The molecule has 130 valence electrons. The van der Waals surface area contributed by atoms with E-state index in [0.29, 0.717) is 30.0 Å². The fourth-order valence-corrected chi connectivity index (χ4v) is 6.64. The molecule has 5 atom stereocenters. The summed E-state index contributed by atoms with van der Waals surface area (Å²) >= 11 is 0. The molecule has 0 aromatic carbocycles. The van der Waals surface area contributed by atoms with E-state index in [9.17, 15) is 14.7 Å². The molecule has 3 heteroatoms. The average Bonchev–Trinajstić information content (AvgIpc) is 2.92.